The van der Waals surface area contributed by atoms with E-state index in [1.807, 2.05) is 11.6 Å². The molecule has 0 bridgehead atoms. The van der Waals surface area contributed by atoms with Crippen LogP contribution in [-0.2, 0) is 6.54 Å². The average Bonchev–Trinajstić information content (AvgIpc) is 3.12. The van der Waals surface area contributed by atoms with E-state index >= 15 is 0 Å². The number of aromatic nitrogens is 2. The maximum Gasteiger partial charge on any atom is 0.254 e. The molecule has 1 aromatic heterocycles. The van der Waals surface area contributed by atoms with Gasteiger partial charge < -0.3 is 11.1 Å². The molecule has 0 spiro atoms. The summed E-state index contributed by atoms with van der Waals surface area (Å²) in [6, 6.07) is 0.268. The van der Waals surface area contributed by atoms with E-state index in [-0.39, 0.29) is 11.9 Å². The molecule has 1 aromatic rings. The fourth-order valence-electron chi connectivity index (χ4n) is 2.13. The van der Waals surface area contributed by atoms with Crippen molar-refractivity contribution in [2.75, 3.05) is 6.54 Å². The molecule has 3 N–H and O–H groups in total. The Morgan fingerprint density at radius 2 is 2.39 bits per heavy atom. The summed E-state index contributed by atoms with van der Waals surface area (Å²) in [5, 5.41) is 7.29. The van der Waals surface area contributed by atoms with Crippen molar-refractivity contribution in [2.24, 2.45) is 11.7 Å². The second kappa shape index (κ2) is 5.52. The van der Waals surface area contributed by atoms with Crippen molar-refractivity contribution in [3.63, 3.8) is 0 Å². The van der Waals surface area contributed by atoms with Crippen LogP contribution in [0.1, 0.15) is 42.2 Å². The lowest BCUT2D eigenvalue weighted by Gasteiger charge is -2.12. The molecule has 0 radical (unpaired) electrons. The Morgan fingerprint density at radius 1 is 1.67 bits per heavy atom. The highest BCUT2D eigenvalue weighted by Crippen LogP contribution is 2.32. The first-order valence-corrected chi connectivity index (χ1v) is 6.66. The van der Waals surface area contributed by atoms with Crippen molar-refractivity contribution in [1.29, 1.82) is 0 Å². The van der Waals surface area contributed by atoms with Crippen LogP contribution >= 0.6 is 0 Å². The highest BCUT2D eigenvalue weighted by molar-refractivity contribution is 5.95. The maximum absolute atomic E-state index is 12.1. The van der Waals surface area contributed by atoms with E-state index in [1.165, 1.54) is 12.8 Å². The number of carbonyl (C=O) groups is 1. The molecular formula is C13H22N4O. The van der Waals surface area contributed by atoms with Gasteiger partial charge in [0, 0.05) is 18.3 Å². The molecule has 1 unspecified atom stereocenters. The summed E-state index contributed by atoms with van der Waals surface area (Å²) in [6.45, 7) is 5.41. The Hall–Kier alpha value is -1.36. The third-order valence-electron chi connectivity index (χ3n) is 3.61. The molecule has 5 nitrogen and oxygen atoms in total. The predicted octanol–water partition coefficient (Wildman–Crippen LogP) is 1.07. The quantitative estimate of drug-likeness (QED) is 0.793. The number of hydrogen-bond donors (Lipinski definition) is 2. The second-order valence-corrected chi connectivity index (χ2v) is 5.11. The molecule has 1 aliphatic rings. The molecule has 1 aliphatic carbocycles. The van der Waals surface area contributed by atoms with E-state index in [9.17, 15) is 4.79 Å². The second-order valence-electron chi connectivity index (χ2n) is 5.11. The zero-order valence-corrected chi connectivity index (χ0v) is 11.1. The van der Waals surface area contributed by atoms with Crippen molar-refractivity contribution >= 4 is 5.91 Å². The van der Waals surface area contributed by atoms with Gasteiger partial charge in [-0.15, -0.1) is 0 Å². The fourth-order valence-corrected chi connectivity index (χ4v) is 2.13. The van der Waals surface area contributed by atoms with E-state index in [1.54, 1.807) is 6.20 Å². The van der Waals surface area contributed by atoms with E-state index < -0.39 is 0 Å². The summed E-state index contributed by atoms with van der Waals surface area (Å²) in [5.41, 5.74) is 7.08. The molecule has 0 aliphatic heterocycles. The van der Waals surface area contributed by atoms with Gasteiger partial charge in [0.2, 0.25) is 0 Å². The first kappa shape index (κ1) is 13.1. The maximum atomic E-state index is 12.1. The molecule has 2 rings (SSSR count). The highest BCUT2D eigenvalue weighted by Gasteiger charge is 2.29. The first-order valence-electron chi connectivity index (χ1n) is 6.66. The van der Waals surface area contributed by atoms with Crippen LogP contribution in [0.15, 0.2) is 6.20 Å². The molecule has 1 atom stereocenters. The van der Waals surface area contributed by atoms with Gasteiger partial charge in [0.15, 0.2) is 0 Å². The van der Waals surface area contributed by atoms with Gasteiger partial charge in [-0.05, 0) is 45.6 Å². The van der Waals surface area contributed by atoms with Gasteiger partial charge in [0.25, 0.3) is 5.91 Å². The Balaban J connectivity index is 1.98. The summed E-state index contributed by atoms with van der Waals surface area (Å²) in [6.07, 6.45) is 5.00. The number of aryl methyl sites for hydroxylation is 1. The zero-order valence-electron chi connectivity index (χ0n) is 11.1. The third kappa shape index (κ3) is 2.90. The first-order chi connectivity index (χ1) is 8.63. The minimum atomic E-state index is -0.00843. The number of carbonyl (C=O) groups excluding carboxylic acids is 1. The summed E-state index contributed by atoms with van der Waals surface area (Å²) >= 11 is 0. The molecule has 18 heavy (non-hydrogen) atoms. The van der Waals surface area contributed by atoms with Gasteiger partial charge in [0.05, 0.1) is 11.8 Å². The Kier molecular flexibility index (Phi) is 4.01. The number of rotatable bonds is 6. The minimum Gasteiger partial charge on any atom is -0.349 e. The molecule has 0 aromatic carbocycles. The van der Waals surface area contributed by atoms with Crippen molar-refractivity contribution in [3.05, 3.63) is 17.5 Å². The number of hydrogen-bond acceptors (Lipinski definition) is 3. The van der Waals surface area contributed by atoms with Crippen LogP contribution in [0, 0.1) is 12.8 Å². The van der Waals surface area contributed by atoms with Crippen LogP contribution in [-0.4, -0.2) is 28.3 Å². The molecule has 1 fully saturated rings. The topological polar surface area (TPSA) is 72.9 Å². The van der Waals surface area contributed by atoms with Crippen molar-refractivity contribution in [1.82, 2.24) is 15.1 Å². The smallest absolute Gasteiger partial charge is 0.254 e. The number of nitrogens with two attached hydrogens (primary N) is 1. The van der Waals surface area contributed by atoms with Crippen LogP contribution in [0.2, 0.25) is 0 Å². The Bertz CT molecular complexity index is 423. The molecule has 100 valence electrons. The predicted molar refractivity (Wildman–Crippen MR) is 70.3 cm³/mol. The number of nitrogens with zero attached hydrogens (tertiary/aromatic N) is 2. The number of amides is 1. The van der Waals surface area contributed by atoms with Crippen LogP contribution in [0.3, 0.4) is 0 Å². The van der Waals surface area contributed by atoms with Crippen LogP contribution in [0.4, 0.5) is 0 Å². The molecule has 0 saturated heterocycles. The summed E-state index contributed by atoms with van der Waals surface area (Å²) < 4.78 is 1.85. The van der Waals surface area contributed by atoms with E-state index in [2.05, 4.69) is 17.3 Å². The minimum absolute atomic E-state index is 0.00843. The van der Waals surface area contributed by atoms with Gasteiger partial charge in [-0.25, -0.2) is 0 Å². The highest BCUT2D eigenvalue weighted by atomic mass is 16.1. The van der Waals surface area contributed by atoms with Gasteiger partial charge in [-0.1, -0.05) is 0 Å². The van der Waals surface area contributed by atoms with Crippen molar-refractivity contribution in [2.45, 2.75) is 45.7 Å². The van der Waals surface area contributed by atoms with Crippen LogP contribution < -0.4 is 11.1 Å². The molecule has 5 heteroatoms. The Labute approximate surface area is 108 Å². The van der Waals surface area contributed by atoms with Crippen molar-refractivity contribution in [3.8, 4) is 0 Å². The molecule has 1 amide bonds. The standard InChI is InChI=1S/C13H22N4O/c1-9(11-4-5-11)16-13(18)12-8-15-17(10(12)2)7-3-6-14/h8-9,11H,3-7,14H2,1-2H3,(H,16,18). The lowest BCUT2D eigenvalue weighted by molar-refractivity contribution is 0.0935. The molecule has 1 heterocycles. The normalized spacial score (nSPS) is 16.6. The lowest BCUT2D eigenvalue weighted by Crippen LogP contribution is -2.34. The van der Waals surface area contributed by atoms with E-state index in [4.69, 9.17) is 5.73 Å². The van der Waals surface area contributed by atoms with Gasteiger partial charge >= 0.3 is 0 Å². The van der Waals surface area contributed by atoms with Gasteiger partial charge in [-0.2, -0.15) is 5.10 Å². The molecule has 1 saturated carbocycles. The third-order valence-corrected chi connectivity index (χ3v) is 3.61. The fraction of sp³-hybridized carbons (Fsp3) is 0.692. The summed E-state index contributed by atoms with van der Waals surface area (Å²) in [4.78, 5) is 12.1. The summed E-state index contributed by atoms with van der Waals surface area (Å²) in [5.74, 6) is 0.660. The van der Waals surface area contributed by atoms with Gasteiger partial charge in [-0.3, -0.25) is 9.48 Å². The lowest BCUT2D eigenvalue weighted by atomic mass is 10.2. The SMILES string of the molecule is Cc1c(C(=O)NC(C)C2CC2)cnn1CCCN. The monoisotopic (exact) mass is 250 g/mol. The molecular weight excluding hydrogens is 228 g/mol. The van der Waals surface area contributed by atoms with Gasteiger partial charge in [0.1, 0.15) is 0 Å². The largest absolute Gasteiger partial charge is 0.349 e. The van der Waals surface area contributed by atoms with E-state index in [0.29, 0.717) is 18.0 Å². The average molecular weight is 250 g/mol. The summed E-state index contributed by atoms with van der Waals surface area (Å²) in [7, 11) is 0. The van der Waals surface area contributed by atoms with Crippen LogP contribution in [0.25, 0.3) is 0 Å². The van der Waals surface area contributed by atoms with Crippen molar-refractivity contribution < 1.29 is 4.79 Å². The van der Waals surface area contributed by atoms with E-state index in [0.717, 1.165) is 18.7 Å². The zero-order chi connectivity index (χ0) is 13.1. The number of nitrogens with one attached hydrogen (secondary N) is 1. The Morgan fingerprint density at radius 3 is 3.00 bits per heavy atom. The van der Waals surface area contributed by atoms with Crippen LogP contribution in [0.5, 0.6) is 0 Å².